The Labute approximate surface area is 234 Å². The molecule has 1 atom stereocenters. The zero-order valence-electron chi connectivity index (χ0n) is 21.7. The Morgan fingerprint density at radius 3 is 2.00 bits per heavy atom. The average Bonchev–Trinajstić information content (AvgIpc) is 2.86. The topological polar surface area (TPSA) is 86.8 Å². The van der Waals surface area contributed by atoms with Gasteiger partial charge in [0.2, 0.25) is 11.8 Å². The molecule has 3 rings (SSSR count). The van der Waals surface area contributed by atoms with Gasteiger partial charge in [-0.2, -0.15) is 0 Å². The van der Waals surface area contributed by atoms with E-state index in [0.29, 0.717) is 10.6 Å². The summed E-state index contributed by atoms with van der Waals surface area (Å²) in [5.74, 6) is -0.978. The van der Waals surface area contributed by atoms with Gasteiger partial charge in [0.15, 0.2) is 0 Å². The SMILES string of the molecule is C[C@@H](C(=O)NC(C)(C)C)N(Cc1ccccc1Cl)C(=O)CN(c1ccccc1Cl)S(=O)(=O)c1ccccc1. The van der Waals surface area contributed by atoms with Crippen LogP contribution in [0.2, 0.25) is 10.0 Å². The highest BCUT2D eigenvalue weighted by molar-refractivity contribution is 7.92. The maximum absolute atomic E-state index is 13.9. The fourth-order valence-corrected chi connectivity index (χ4v) is 5.69. The van der Waals surface area contributed by atoms with Crippen molar-refractivity contribution in [3.63, 3.8) is 0 Å². The molecule has 10 heteroatoms. The zero-order chi connectivity index (χ0) is 28.1. The highest BCUT2D eigenvalue weighted by Gasteiger charge is 2.34. The number of hydrogen-bond acceptors (Lipinski definition) is 4. The quantitative estimate of drug-likeness (QED) is 0.364. The summed E-state index contributed by atoms with van der Waals surface area (Å²) in [5, 5.41) is 3.47. The van der Waals surface area contributed by atoms with E-state index in [0.717, 1.165) is 4.31 Å². The van der Waals surface area contributed by atoms with Crippen LogP contribution >= 0.6 is 23.2 Å². The number of para-hydroxylation sites is 1. The third kappa shape index (κ3) is 7.28. The van der Waals surface area contributed by atoms with Crippen molar-refractivity contribution >= 4 is 50.7 Å². The summed E-state index contributed by atoms with van der Waals surface area (Å²) in [6.45, 7) is 6.52. The van der Waals surface area contributed by atoms with Crippen LogP contribution < -0.4 is 9.62 Å². The predicted molar refractivity (Wildman–Crippen MR) is 152 cm³/mol. The average molecular weight is 577 g/mol. The number of nitrogens with zero attached hydrogens (tertiary/aromatic N) is 2. The van der Waals surface area contributed by atoms with Gasteiger partial charge in [0.25, 0.3) is 10.0 Å². The first-order valence-corrected chi connectivity index (χ1v) is 14.2. The molecule has 0 aliphatic heterocycles. The van der Waals surface area contributed by atoms with Crippen LogP contribution in [0.4, 0.5) is 5.69 Å². The third-order valence-electron chi connectivity index (χ3n) is 5.70. The van der Waals surface area contributed by atoms with Gasteiger partial charge in [-0.05, 0) is 63.6 Å². The summed E-state index contributed by atoms with van der Waals surface area (Å²) < 4.78 is 28.5. The normalized spacial score (nSPS) is 12.5. The molecule has 7 nitrogen and oxygen atoms in total. The number of carbonyl (C=O) groups excluding carboxylic acids is 2. The van der Waals surface area contributed by atoms with E-state index in [4.69, 9.17) is 23.2 Å². The van der Waals surface area contributed by atoms with Crippen LogP contribution in [-0.4, -0.2) is 43.3 Å². The molecule has 3 aromatic rings. The Morgan fingerprint density at radius 1 is 0.868 bits per heavy atom. The first-order chi connectivity index (χ1) is 17.8. The molecular formula is C28H31Cl2N3O4S. The van der Waals surface area contributed by atoms with Gasteiger partial charge in [0.05, 0.1) is 15.6 Å². The van der Waals surface area contributed by atoms with Gasteiger partial charge in [0.1, 0.15) is 12.6 Å². The smallest absolute Gasteiger partial charge is 0.264 e. The molecular weight excluding hydrogens is 545 g/mol. The molecule has 0 spiro atoms. The van der Waals surface area contributed by atoms with Crippen LogP contribution in [-0.2, 0) is 26.2 Å². The van der Waals surface area contributed by atoms with Crippen LogP contribution in [0.25, 0.3) is 0 Å². The zero-order valence-corrected chi connectivity index (χ0v) is 24.0. The number of amides is 2. The molecule has 1 N–H and O–H groups in total. The summed E-state index contributed by atoms with van der Waals surface area (Å²) in [6, 6.07) is 20.2. The number of nitrogens with one attached hydrogen (secondary N) is 1. The van der Waals surface area contributed by atoms with E-state index >= 15 is 0 Å². The number of halogens is 2. The van der Waals surface area contributed by atoms with Gasteiger partial charge in [-0.3, -0.25) is 13.9 Å². The second kappa shape index (κ2) is 12.2. The van der Waals surface area contributed by atoms with Gasteiger partial charge < -0.3 is 10.2 Å². The molecule has 38 heavy (non-hydrogen) atoms. The molecule has 0 aromatic heterocycles. The lowest BCUT2D eigenvalue weighted by atomic mass is 10.1. The maximum Gasteiger partial charge on any atom is 0.264 e. The monoisotopic (exact) mass is 575 g/mol. The summed E-state index contributed by atoms with van der Waals surface area (Å²) in [4.78, 5) is 28.3. The number of anilines is 1. The number of sulfonamides is 1. The second-order valence-electron chi connectivity index (χ2n) is 9.80. The summed E-state index contributed by atoms with van der Waals surface area (Å²) in [7, 11) is -4.19. The Kier molecular flexibility index (Phi) is 9.46. The molecule has 0 heterocycles. The number of carbonyl (C=O) groups is 2. The van der Waals surface area contributed by atoms with Gasteiger partial charge in [-0.15, -0.1) is 0 Å². The minimum Gasteiger partial charge on any atom is -0.350 e. The van der Waals surface area contributed by atoms with E-state index in [2.05, 4.69) is 5.32 Å². The van der Waals surface area contributed by atoms with Crippen LogP contribution in [0.1, 0.15) is 33.3 Å². The highest BCUT2D eigenvalue weighted by Crippen LogP contribution is 2.31. The molecule has 0 radical (unpaired) electrons. The lowest BCUT2D eigenvalue weighted by molar-refractivity contribution is -0.140. The third-order valence-corrected chi connectivity index (χ3v) is 8.16. The van der Waals surface area contributed by atoms with Crippen molar-refractivity contribution in [2.24, 2.45) is 0 Å². The van der Waals surface area contributed by atoms with E-state index in [-0.39, 0.29) is 28.1 Å². The minimum atomic E-state index is -4.19. The lowest BCUT2D eigenvalue weighted by Gasteiger charge is -2.33. The predicted octanol–water partition coefficient (Wildman–Crippen LogP) is 5.52. The summed E-state index contributed by atoms with van der Waals surface area (Å²) in [5.41, 5.74) is 0.231. The van der Waals surface area contributed by atoms with E-state index in [1.807, 2.05) is 20.8 Å². The van der Waals surface area contributed by atoms with Crippen molar-refractivity contribution in [1.29, 1.82) is 0 Å². The first kappa shape index (κ1) is 29.5. The molecule has 0 aliphatic rings. The standard InChI is InChI=1S/C28H31Cl2N3O4S/c1-20(27(35)31-28(2,3)4)32(18-21-12-8-9-15-23(21)29)26(34)19-33(25-17-11-10-16-24(25)30)38(36,37)22-13-6-5-7-14-22/h5-17,20H,18-19H2,1-4H3,(H,31,35)/t20-/m0/s1. The van der Waals surface area contributed by atoms with E-state index in [1.165, 1.54) is 23.1 Å². The number of hydrogen-bond donors (Lipinski definition) is 1. The maximum atomic E-state index is 13.9. The van der Waals surface area contributed by atoms with Crippen LogP contribution in [0, 0.1) is 0 Å². The van der Waals surface area contributed by atoms with Crippen molar-refractivity contribution < 1.29 is 18.0 Å². The van der Waals surface area contributed by atoms with Gasteiger partial charge in [-0.1, -0.05) is 71.7 Å². The number of benzene rings is 3. The molecule has 0 bridgehead atoms. The van der Waals surface area contributed by atoms with E-state index in [9.17, 15) is 18.0 Å². The van der Waals surface area contributed by atoms with Gasteiger partial charge in [0, 0.05) is 17.1 Å². The molecule has 202 valence electrons. The van der Waals surface area contributed by atoms with Crippen LogP contribution in [0.5, 0.6) is 0 Å². The van der Waals surface area contributed by atoms with Crippen molar-refractivity contribution in [3.05, 3.63) is 94.5 Å². The molecule has 0 saturated carbocycles. The second-order valence-corrected chi connectivity index (χ2v) is 12.5. The molecule has 0 aliphatic carbocycles. The fraction of sp³-hybridized carbons (Fsp3) is 0.286. The Bertz CT molecular complexity index is 1390. The van der Waals surface area contributed by atoms with Crippen molar-refractivity contribution in [1.82, 2.24) is 10.2 Å². The molecule has 0 unspecified atom stereocenters. The first-order valence-electron chi connectivity index (χ1n) is 12.0. The van der Waals surface area contributed by atoms with Crippen LogP contribution in [0.15, 0.2) is 83.8 Å². The Hall–Kier alpha value is -3.07. The van der Waals surface area contributed by atoms with Gasteiger partial charge in [-0.25, -0.2) is 8.42 Å². The Morgan fingerprint density at radius 2 is 1.42 bits per heavy atom. The highest BCUT2D eigenvalue weighted by atomic mass is 35.5. The van der Waals surface area contributed by atoms with E-state index < -0.39 is 34.1 Å². The number of rotatable bonds is 9. The molecule has 3 aromatic carbocycles. The van der Waals surface area contributed by atoms with E-state index in [1.54, 1.807) is 67.6 Å². The lowest BCUT2D eigenvalue weighted by Crippen LogP contribution is -2.54. The summed E-state index contributed by atoms with van der Waals surface area (Å²) in [6.07, 6.45) is 0. The van der Waals surface area contributed by atoms with Crippen molar-refractivity contribution in [2.45, 2.75) is 50.7 Å². The molecule has 0 fully saturated rings. The fourth-order valence-electron chi connectivity index (χ4n) is 3.75. The molecule has 2 amide bonds. The van der Waals surface area contributed by atoms with Gasteiger partial charge >= 0.3 is 0 Å². The largest absolute Gasteiger partial charge is 0.350 e. The van der Waals surface area contributed by atoms with Crippen LogP contribution in [0.3, 0.4) is 0 Å². The van der Waals surface area contributed by atoms with Crippen molar-refractivity contribution in [2.75, 3.05) is 10.8 Å². The van der Waals surface area contributed by atoms with Crippen molar-refractivity contribution in [3.8, 4) is 0 Å². The summed E-state index contributed by atoms with van der Waals surface area (Å²) >= 11 is 12.8. The Balaban J connectivity index is 2.05. The minimum absolute atomic E-state index is 0.00101. The molecule has 0 saturated heterocycles.